The molecule has 0 saturated carbocycles. The summed E-state index contributed by atoms with van der Waals surface area (Å²) in [6.45, 7) is 2.01. The van der Waals surface area contributed by atoms with Crippen molar-refractivity contribution in [1.82, 2.24) is 10.2 Å². The van der Waals surface area contributed by atoms with Crippen LogP contribution in [0, 0.1) is 6.92 Å². The molecule has 1 aliphatic rings. The van der Waals surface area contributed by atoms with Crippen LogP contribution in [0.1, 0.15) is 24.8 Å². The van der Waals surface area contributed by atoms with Gasteiger partial charge in [0.25, 0.3) is 0 Å². The molecular weight excluding hydrogens is 513 g/mol. The van der Waals surface area contributed by atoms with Crippen molar-refractivity contribution in [3.05, 3.63) is 101 Å². The van der Waals surface area contributed by atoms with E-state index < -0.39 is 17.9 Å². The number of aryl methyl sites for hydroxylation is 1. The van der Waals surface area contributed by atoms with Crippen LogP contribution in [-0.4, -0.2) is 33.8 Å². The molecule has 1 heterocycles. The average Bonchev–Trinajstić information content (AvgIpc) is 3.14. The Morgan fingerprint density at radius 3 is 2.55 bits per heavy atom. The topological polar surface area (TPSA) is 70.4 Å². The van der Waals surface area contributed by atoms with Crippen molar-refractivity contribution in [3.63, 3.8) is 0 Å². The van der Waals surface area contributed by atoms with Crippen LogP contribution in [0.5, 0.6) is 0 Å². The van der Waals surface area contributed by atoms with Crippen LogP contribution < -0.4 is 5.43 Å². The SMILES string of the molecule is Cc1ccc(-c2cc(N/N=C/C(O)CCC3=CCC=C(C(F)(F)F)C=C3)nnc2-c2ccccc2Cl)cc1. The lowest BCUT2D eigenvalue weighted by molar-refractivity contribution is -0.0883. The smallest absolute Gasteiger partial charge is 0.387 e. The van der Waals surface area contributed by atoms with Crippen LogP contribution in [0.25, 0.3) is 22.4 Å². The van der Waals surface area contributed by atoms with Crippen LogP contribution in [0.3, 0.4) is 0 Å². The monoisotopic (exact) mass is 538 g/mol. The molecular formula is C29H26ClF3N4O. The molecule has 196 valence electrons. The Morgan fingerprint density at radius 2 is 1.82 bits per heavy atom. The number of benzene rings is 2. The van der Waals surface area contributed by atoms with Gasteiger partial charge in [-0.1, -0.05) is 89.5 Å². The van der Waals surface area contributed by atoms with Gasteiger partial charge in [0.05, 0.1) is 22.9 Å². The van der Waals surface area contributed by atoms with E-state index in [-0.39, 0.29) is 6.42 Å². The van der Waals surface area contributed by atoms with Crippen molar-refractivity contribution in [1.29, 1.82) is 0 Å². The number of hydrogen-bond donors (Lipinski definition) is 2. The number of nitrogens with zero attached hydrogens (tertiary/aromatic N) is 3. The molecule has 3 aromatic rings. The molecule has 2 N–H and O–H groups in total. The summed E-state index contributed by atoms with van der Waals surface area (Å²) in [6.07, 6.45) is 2.34. The molecule has 2 aromatic carbocycles. The van der Waals surface area contributed by atoms with E-state index in [4.69, 9.17) is 11.6 Å². The number of aromatic nitrogens is 2. The minimum absolute atomic E-state index is 0.190. The maximum Gasteiger partial charge on any atom is 0.416 e. The highest BCUT2D eigenvalue weighted by Crippen LogP contribution is 2.35. The average molecular weight is 539 g/mol. The van der Waals surface area contributed by atoms with Gasteiger partial charge in [-0.25, -0.2) is 0 Å². The second kappa shape index (κ2) is 12.2. The van der Waals surface area contributed by atoms with Gasteiger partial charge >= 0.3 is 6.18 Å². The van der Waals surface area contributed by atoms with Crippen molar-refractivity contribution in [2.24, 2.45) is 5.10 Å². The number of hydrogen-bond acceptors (Lipinski definition) is 5. The highest BCUT2D eigenvalue weighted by molar-refractivity contribution is 6.33. The van der Waals surface area contributed by atoms with Crippen LogP contribution in [0.15, 0.2) is 95.1 Å². The van der Waals surface area contributed by atoms with Crippen molar-refractivity contribution in [2.45, 2.75) is 38.5 Å². The molecule has 0 saturated heterocycles. The summed E-state index contributed by atoms with van der Waals surface area (Å²) in [5.74, 6) is 0.375. The summed E-state index contributed by atoms with van der Waals surface area (Å²) in [5, 5.41) is 23.6. The molecule has 0 amide bonds. The molecule has 38 heavy (non-hydrogen) atoms. The summed E-state index contributed by atoms with van der Waals surface area (Å²) in [7, 11) is 0. The molecule has 4 rings (SSSR count). The van der Waals surface area contributed by atoms with Gasteiger partial charge in [-0.05, 0) is 43.9 Å². The summed E-state index contributed by atoms with van der Waals surface area (Å²) >= 11 is 6.43. The molecule has 0 bridgehead atoms. The lowest BCUT2D eigenvalue weighted by atomic mass is 9.99. The molecule has 0 fully saturated rings. The summed E-state index contributed by atoms with van der Waals surface area (Å²) in [4.78, 5) is 0. The molecule has 1 aliphatic carbocycles. The van der Waals surface area contributed by atoms with Crippen molar-refractivity contribution in [2.75, 3.05) is 5.43 Å². The zero-order valence-electron chi connectivity index (χ0n) is 20.6. The van der Waals surface area contributed by atoms with E-state index in [1.165, 1.54) is 12.3 Å². The Morgan fingerprint density at radius 1 is 1.05 bits per heavy atom. The Hall–Kier alpha value is -3.75. The van der Waals surface area contributed by atoms with E-state index >= 15 is 0 Å². The van der Waals surface area contributed by atoms with Gasteiger partial charge in [-0.2, -0.15) is 18.3 Å². The summed E-state index contributed by atoms with van der Waals surface area (Å²) < 4.78 is 38.7. The third-order valence-electron chi connectivity index (χ3n) is 5.96. The van der Waals surface area contributed by atoms with E-state index in [1.807, 2.05) is 55.5 Å². The maximum absolute atomic E-state index is 12.9. The molecule has 1 aromatic heterocycles. The number of hydrazone groups is 1. The number of aliphatic hydroxyl groups excluding tert-OH is 1. The number of rotatable bonds is 8. The first kappa shape index (κ1) is 27.3. The fourth-order valence-corrected chi connectivity index (χ4v) is 4.12. The Bertz CT molecular complexity index is 1400. The van der Waals surface area contributed by atoms with Crippen LogP contribution >= 0.6 is 11.6 Å². The van der Waals surface area contributed by atoms with Gasteiger partial charge in [0.1, 0.15) is 5.69 Å². The third kappa shape index (κ3) is 7.18. The van der Waals surface area contributed by atoms with Gasteiger partial charge in [0.15, 0.2) is 5.82 Å². The molecule has 1 atom stereocenters. The third-order valence-corrected chi connectivity index (χ3v) is 6.29. The Kier molecular flexibility index (Phi) is 8.76. The van der Waals surface area contributed by atoms with Crippen LogP contribution in [0.2, 0.25) is 5.02 Å². The van der Waals surface area contributed by atoms with Gasteiger partial charge in [0.2, 0.25) is 0 Å². The van der Waals surface area contributed by atoms with Gasteiger partial charge in [-0.3, -0.25) is 5.43 Å². The first-order valence-corrected chi connectivity index (χ1v) is 12.4. The molecule has 0 radical (unpaired) electrons. The number of anilines is 1. The highest BCUT2D eigenvalue weighted by Gasteiger charge is 2.31. The van der Waals surface area contributed by atoms with E-state index in [0.717, 1.165) is 40.0 Å². The van der Waals surface area contributed by atoms with Gasteiger partial charge in [-0.15, -0.1) is 10.2 Å². The fourth-order valence-electron chi connectivity index (χ4n) is 3.90. The molecule has 5 nitrogen and oxygen atoms in total. The number of nitrogens with one attached hydrogen (secondary N) is 1. The first-order chi connectivity index (χ1) is 18.2. The fraction of sp³-hybridized carbons (Fsp3) is 0.207. The highest BCUT2D eigenvalue weighted by atomic mass is 35.5. The van der Waals surface area contributed by atoms with Crippen molar-refractivity contribution >= 4 is 23.6 Å². The second-order valence-corrected chi connectivity index (χ2v) is 9.25. The Labute approximate surface area is 224 Å². The van der Waals surface area contributed by atoms with E-state index in [0.29, 0.717) is 29.4 Å². The van der Waals surface area contributed by atoms with Crippen LogP contribution in [-0.2, 0) is 0 Å². The Balaban J connectivity index is 1.43. The maximum atomic E-state index is 12.9. The standard InChI is InChI=1S/C29H26ClF3N4O/c1-19-9-13-21(14-10-19)25-17-27(36-37-28(25)24-7-2-3-8-26(24)30)35-34-18-23(38)16-12-20-5-4-6-22(15-11-20)29(31,32)33/h2-3,5-11,13-15,17-18,23,38H,4,12,16H2,1H3,(H,35,36)/b34-18+. The summed E-state index contributed by atoms with van der Waals surface area (Å²) in [6, 6.07) is 17.2. The molecule has 0 spiro atoms. The minimum atomic E-state index is -4.37. The largest absolute Gasteiger partial charge is 0.416 e. The predicted octanol–water partition coefficient (Wildman–Crippen LogP) is 7.69. The molecule has 9 heteroatoms. The van der Waals surface area contributed by atoms with Gasteiger partial charge in [0, 0.05) is 11.1 Å². The predicted molar refractivity (Wildman–Crippen MR) is 146 cm³/mol. The normalized spacial score (nSPS) is 14.7. The number of halogens is 4. The van der Waals surface area contributed by atoms with Crippen molar-refractivity contribution < 1.29 is 18.3 Å². The van der Waals surface area contributed by atoms with Gasteiger partial charge < -0.3 is 5.11 Å². The summed E-state index contributed by atoms with van der Waals surface area (Å²) in [5.41, 5.74) is 7.11. The molecule has 0 aliphatic heterocycles. The van der Waals surface area contributed by atoms with E-state index in [2.05, 4.69) is 20.7 Å². The minimum Gasteiger partial charge on any atom is -0.387 e. The zero-order valence-corrected chi connectivity index (χ0v) is 21.3. The number of aliphatic hydroxyl groups is 1. The quantitative estimate of drug-likeness (QED) is 0.228. The first-order valence-electron chi connectivity index (χ1n) is 12.0. The van der Waals surface area contributed by atoms with Crippen LogP contribution in [0.4, 0.5) is 19.0 Å². The number of allylic oxidation sites excluding steroid dienone is 6. The molecule has 1 unspecified atom stereocenters. The zero-order chi connectivity index (χ0) is 27.1. The lowest BCUT2D eigenvalue weighted by Gasteiger charge is -2.12. The van der Waals surface area contributed by atoms with E-state index in [9.17, 15) is 18.3 Å². The van der Waals surface area contributed by atoms with E-state index in [1.54, 1.807) is 12.1 Å². The lowest BCUT2D eigenvalue weighted by Crippen LogP contribution is -2.10. The number of alkyl halides is 3. The van der Waals surface area contributed by atoms with Crippen molar-refractivity contribution in [3.8, 4) is 22.4 Å². The second-order valence-electron chi connectivity index (χ2n) is 8.84.